The Balaban J connectivity index is 2.14. The summed E-state index contributed by atoms with van der Waals surface area (Å²) in [5.41, 5.74) is 0.993. The second-order valence-electron chi connectivity index (χ2n) is 4.68. The third-order valence-corrected chi connectivity index (χ3v) is 3.35. The highest BCUT2D eigenvalue weighted by Crippen LogP contribution is 2.42. The van der Waals surface area contributed by atoms with Crippen LogP contribution < -0.4 is 4.74 Å². The Bertz CT molecular complexity index is 618. The van der Waals surface area contributed by atoms with Crippen molar-refractivity contribution in [3.05, 3.63) is 65.7 Å². The molecule has 0 aromatic heterocycles. The van der Waals surface area contributed by atoms with E-state index in [2.05, 4.69) is 5.11 Å². The number of hydrogen-bond donors (Lipinski definition) is 3. The number of rotatable bonds is 2. The van der Waals surface area contributed by atoms with Crippen molar-refractivity contribution in [2.45, 2.75) is 18.0 Å². The summed E-state index contributed by atoms with van der Waals surface area (Å²) in [7, 11) is 0. The Morgan fingerprint density at radius 2 is 1.68 bits per heavy atom. The highest BCUT2D eigenvalue weighted by molar-refractivity contribution is 5.39. The Morgan fingerprint density at radius 3 is 2.42 bits per heavy atom. The summed E-state index contributed by atoms with van der Waals surface area (Å²) in [6.45, 7) is 0. The Hall–Kier alpha value is -1.88. The van der Waals surface area contributed by atoms with Gasteiger partial charge in [-0.15, -0.1) is 0 Å². The van der Waals surface area contributed by atoms with Gasteiger partial charge in [0.05, 0.1) is 0 Å². The van der Waals surface area contributed by atoms with Crippen LogP contribution in [0.2, 0.25) is 0 Å². The van der Waals surface area contributed by atoms with Gasteiger partial charge in [-0.1, -0.05) is 48.5 Å². The molecule has 3 N–H and O–H groups in total. The van der Waals surface area contributed by atoms with E-state index in [0.29, 0.717) is 16.9 Å². The summed E-state index contributed by atoms with van der Waals surface area (Å²) in [4.78, 5) is 0. The highest BCUT2D eigenvalue weighted by Gasteiger charge is 2.55. The van der Waals surface area contributed by atoms with Crippen molar-refractivity contribution in [2.75, 3.05) is 0 Å². The predicted molar refractivity (Wildman–Crippen MR) is 68.3 cm³/mol. The van der Waals surface area contributed by atoms with Gasteiger partial charge in [0.2, 0.25) is 7.22 Å². The van der Waals surface area contributed by atoms with Crippen LogP contribution in [0.3, 0.4) is 0 Å². The van der Waals surface area contributed by atoms with Crippen molar-refractivity contribution in [3.63, 3.8) is 0 Å². The van der Waals surface area contributed by atoms with Crippen molar-refractivity contribution in [1.29, 1.82) is 1.43 Å². The molecule has 98 valence electrons. The first-order valence-electron chi connectivity index (χ1n) is 6.41. The summed E-state index contributed by atoms with van der Waals surface area (Å²) in [6, 6.07) is 15.4. The molecule has 2 aromatic rings. The maximum Gasteiger partial charge on any atom is 0.289 e. The normalized spacial score (nSPS) is 30.1. The van der Waals surface area contributed by atoms with Crippen LogP contribution in [-0.4, -0.2) is 22.5 Å². The molecule has 0 fully saturated rings. The minimum atomic E-state index is -2.18. The van der Waals surface area contributed by atoms with Crippen LogP contribution in [0.25, 0.3) is 0 Å². The van der Waals surface area contributed by atoms with E-state index in [1.807, 2.05) is 0 Å². The third kappa shape index (κ3) is 1.81. The average Bonchev–Trinajstić information content (AvgIpc) is 2.49. The molecule has 0 radical (unpaired) electrons. The van der Waals surface area contributed by atoms with Crippen LogP contribution in [0.1, 0.15) is 11.1 Å². The smallest absolute Gasteiger partial charge is 0.289 e. The zero-order valence-corrected chi connectivity index (χ0v) is 10.1. The van der Waals surface area contributed by atoms with Crippen LogP contribution in [-0.2, 0) is 12.2 Å². The molecule has 1 aliphatic heterocycles. The van der Waals surface area contributed by atoms with E-state index in [1.54, 1.807) is 54.6 Å². The molecular formula is C15H14O4. The number of hydrogen-bond acceptors (Lipinski definition) is 4. The Kier molecular flexibility index (Phi) is 2.35. The summed E-state index contributed by atoms with van der Waals surface area (Å²) >= 11 is 0. The molecule has 0 bridgehead atoms. The molecule has 2 atom stereocenters. The lowest BCUT2D eigenvalue weighted by Gasteiger charge is -2.43. The van der Waals surface area contributed by atoms with E-state index in [4.69, 9.17) is 6.17 Å². The molecule has 3 rings (SSSR count). The summed E-state index contributed by atoms with van der Waals surface area (Å²) in [5, 5.41) is 25.7. The number of para-hydroxylation sites is 1. The highest BCUT2D eigenvalue weighted by atomic mass is 16.7. The lowest BCUT2D eigenvalue weighted by atomic mass is 9.88. The van der Waals surface area contributed by atoms with Crippen LogP contribution >= 0.6 is 0 Å². The molecule has 4 nitrogen and oxygen atoms in total. The average molecular weight is 259 g/mol. The molecule has 2 aromatic carbocycles. The summed E-state index contributed by atoms with van der Waals surface area (Å²) < 4.78 is 12.7. The van der Waals surface area contributed by atoms with Gasteiger partial charge in [0, 0.05) is 12.0 Å². The van der Waals surface area contributed by atoms with Crippen molar-refractivity contribution >= 4 is 0 Å². The lowest BCUT2D eigenvalue weighted by molar-refractivity contribution is -0.359. The van der Waals surface area contributed by atoms with Gasteiger partial charge >= 0.3 is 0 Å². The molecule has 4 heteroatoms. The molecule has 0 aliphatic carbocycles. The van der Waals surface area contributed by atoms with E-state index in [9.17, 15) is 10.2 Å². The first-order chi connectivity index (χ1) is 9.59. The monoisotopic (exact) mass is 259 g/mol. The first kappa shape index (κ1) is 11.0. The predicted octanol–water partition coefficient (Wildman–Crippen LogP) is 1.15. The topological polar surface area (TPSA) is 69.9 Å². The minimum Gasteiger partial charge on any atom is -0.452 e. The molecule has 1 aliphatic rings. The van der Waals surface area contributed by atoms with E-state index < -0.39 is 11.6 Å². The van der Waals surface area contributed by atoms with Crippen molar-refractivity contribution in [1.82, 2.24) is 0 Å². The lowest BCUT2D eigenvalue weighted by Crippen LogP contribution is -2.59. The summed E-state index contributed by atoms with van der Waals surface area (Å²) in [6.07, 6.45) is -0.0436. The molecular weight excluding hydrogens is 244 g/mol. The fraction of sp³-hybridized carbons (Fsp3) is 0.200. The largest absolute Gasteiger partial charge is 0.452 e. The maximum absolute atomic E-state index is 10.8. The van der Waals surface area contributed by atoms with Gasteiger partial charge in [-0.05, 0) is 11.6 Å². The van der Waals surface area contributed by atoms with Crippen molar-refractivity contribution < 1.29 is 20.1 Å². The van der Waals surface area contributed by atoms with Gasteiger partial charge < -0.3 is 20.1 Å². The van der Waals surface area contributed by atoms with Gasteiger partial charge in [0.25, 0.3) is 5.79 Å². The van der Waals surface area contributed by atoms with Crippen LogP contribution in [0, 0.1) is 0 Å². The van der Waals surface area contributed by atoms with E-state index in [0.717, 1.165) is 0 Å². The maximum atomic E-state index is 10.8. The molecule has 2 unspecified atom stereocenters. The standard InChI is InChI=1S/C15H14O4/c16-14(17)10-11-6-4-5-9-13(11)19-15(14,18)12-7-2-1-3-8-12/h1-9,16-18H,10H2/i16D. The number of ether oxygens (including phenoxy) is 1. The van der Waals surface area contributed by atoms with E-state index in [-0.39, 0.29) is 6.42 Å². The van der Waals surface area contributed by atoms with Gasteiger partial charge in [0.15, 0.2) is 0 Å². The number of aliphatic hydroxyl groups is 3. The van der Waals surface area contributed by atoms with E-state index >= 15 is 0 Å². The van der Waals surface area contributed by atoms with E-state index in [1.165, 1.54) is 0 Å². The molecule has 1 heterocycles. The van der Waals surface area contributed by atoms with Gasteiger partial charge in [-0.25, -0.2) is 0 Å². The van der Waals surface area contributed by atoms with Gasteiger partial charge in [-0.3, -0.25) is 0 Å². The number of benzene rings is 2. The van der Waals surface area contributed by atoms with Crippen LogP contribution in [0.5, 0.6) is 5.75 Å². The third-order valence-electron chi connectivity index (χ3n) is 3.35. The molecule has 0 spiro atoms. The molecule has 0 amide bonds. The van der Waals surface area contributed by atoms with Crippen molar-refractivity contribution in [3.8, 4) is 5.75 Å². The van der Waals surface area contributed by atoms with Crippen molar-refractivity contribution in [2.24, 2.45) is 0 Å². The zero-order chi connectivity index (χ0) is 14.2. The minimum absolute atomic E-state index is 0.0436. The van der Waals surface area contributed by atoms with Gasteiger partial charge in [0.1, 0.15) is 5.75 Å². The molecule has 19 heavy (non-hydrogen) atoms. The fourth-order valence-electron chi connectivity index (χ4n) is 2.31. The quantitative estimate of drug-likeness (QED) is 0.708. The van der Waals surface area contributed by atoms with Crippen LogP contribution in [0.4, 0.5) is 0 Å². The SMILES string of the molecule is [2H]OC1(O)Cc2ccccc2OC1(O)c1ccccc1. The zero-order valence-electron chi connectivity index (χ0n) is 11.1. The first-order valence-corrected chi connectivity index (χ1v) is 6.00. The summed E-state index contributed by atoms with van der Waals surface area (Å²) in [5.74, 6) is -3.85. The Morgan fingerprint density at radius 1 is 1.00 bits per heavy atom. The number of fused-ring (bicyclic) bond motifs is 1. The fourth-order valence-corrected chi connectivity index (χ4v) is 2.31. The second kappa shape index (κ2) is 4.06. The molecule has 0 saturated heterocycles. The Labute approximate surface area is 112 Å². The molecule has 0 saturated carbocycles. The van der Waals surface area contributed by atoms with Crippen LogP contribution in [0.15, 0.2) is 54.6 Å². The van der Waals surface area contributed by atoms with Gasteiger partial charge in [-0.2, -0.15) is 0 Å². The second-order valence-corrected chi connectivity index (χ2v) is 4.68.